The van der Waals surface area contributed by atoms with Crippen LogP contribution in [0.5, 0.6) is 0 Å². The molecule has 0 spiro atoms. The molecule has 0 saturated carbocycles. The van der Waals surface area contributed by atoms with Crippen LogP contribution in [0.25, 0.3) is 0 Å². The highest BCUT2D eigenvalue weighted by Gasteiger charge is 2.34. The summed E-state index contributed by atoms with van der Waals surface area (Å²) < 4.78 is 39.4. The van der Waals surface area contributed by atoms with Gasteiger partial charge in [0, 0.05) is 37.4 Å². The highest BCUT2D eigenvalue weighted by atomic mass is 35.5. The fourth-order valence-electron chi connectivity index (χ4n) is 2.80. The molecule has 0 radical (unpaired) electrons. The van der Waals surface area contributed by atoms with Gasteiger partial charge in [0.15, 0.2) is 0 Å². The van der Waals surface area contributed by atoms with Crippen LogP contribution in [-0.4, -0.2) is 49.0 Å². The molecule has 0 bridgehead atoms. The molecule has 1 fully saturated rings. The van der Waals surface area contributed by atoms with Gasteiger partial charge in [0.1, 0.15) is 5.82 Å². The smallest absolute Gasteiger partial charge is 0.354 e. The van der Waals surface area contributed by atoms with E-state index in [0.717, 1.165) is 44.1 Å². The second kappa shape index (κ2) is 7.74. The molecule has 3 rings (SSSR count). The number of nitrogens with zero attached hydrogens (tertiary/aromatic N) is 3. The Labute approximate surface area is 159 Å². The van der Waals surface area contributed by atoms with Crippen molar-refractivity contribution >= 4 is 29.0 Å². The van der Waals surface area contributed by atoms with Crippen molar-refractivity contribution in [1.82, 2.24) is 9.88 Å². The molecular weight excluding hydrogens is 381 g/mol. The maximum absolute atomic E-state index is 13.1. The number of amides is 1. The average molecular weight is 399 g/mol. The first-order valence-corrected chi connectivity index (χ1v) is 8.69. The second-order valence-corrected chi connectivity index (χ2v) is 6.77. The van der Waals surface area contributed by atoms with Crippen LogP contribution in [0.15, 0.2) is 36.5 Å². The SMILES string of the molecule is CN1CCN(c2ccc(C(=O)Nc3ccc(Cl)cc3C(F)(F)F)cn2)CC1. The second-order valence-electron chi connectivity index (χ2n) is 6.34. The number of halogens is 4. The van der Waals surface area contributed by atoms with E-state index in [0.29, 0.717) is 0 Å². The molecule has 0 atom stereocenters. The van der Waals surface area contributed by atoms with Crippen LogP contribution in [0.1, 0.15) is 15.9 Å². The van der Waals surface area contributed by atoms with Crippen LogP contribution in [0.2, 0.25) is 5.02 Å². The third-order valence-corrected chi connectivity index (χ3v) is 4.61. The largest absolute Gasteiger partial charge is 0.418 e. The molecular formula is C18H18ClF3N4O. The molecule has 2 aromatic rings. The molecule has 2 heterocycles. The molecule has 0 aliphatic carbocycles. The molecule has 5 nitrogen and oxygen atoms in total. The van der Waals surface area contributed by atoms with Crippen molar-refractivity contribution in [2.45, 2.75) is 6.18 Å². The number of hydrogen-bond donors (Lipinski definition) is 1. The molecule has 1 aromatic carbocycles. The summed E-state index contributed by atoms with van der Waals surface area (Å²) in [6.45, 7) is 3.49. The molecule has 27 heavy (non-hydrogen) atoms. The third kappa shape index (κ3) is 4.70. The summed E-state index contributed by atoms with van der Waals surface area (Å²) in [6.07, 6.45) is -3.26. The van der Waals surface area contributed by atoms with Crippen LogP contribution in [0.4, 0.5) is 24.7 Å². The summed E-state index contributed by atoms with van der Waals surface area (Å²) in [4.78, 5) is 20.9. The highest BCUT2D eigenvalue weighted by Crippen LogP contribution is 2.36. The number of rotatable bonds is 3. The van der Waals surface area contributed by atoms with Crippen molar-refractivity contribution in [3.63, 3.8) is 0 Å². The number of carbonyl (C=O) groups is 1. The van der Waals surface area contributed by atoms with Gasteiger partial charge in [-0.3, -0.25) is 4.79 Å². The van der Waals surface area contributed by atoms with E-state index in [9.17, 15) is 18.0 Å². The first-order chi connectivity index (χ1) is 12.7. The van der Waals surface area contributed by atoms with Gasteiger partial charge in [-0.15, -0.1) is 0 Å². The number of alkyl halides is 3. The van der Waals surface area contributed by atoms with Crippen molar-refractivity contribution < 1.29 is 18.0 Å². The summed E-state index contributed by atoms with van der Waals surface area (Å²) >= 11 is 5.65. The first kappa shape index (κ1) is 19.4. The Morgan fingerprint density at radius 3 is 2.44 bits per heavy atom. The lowest BCUT2D eigenvalue weighted by Crippen LogP contribution is -2.44. The van der Waals surface area contributed by atoms with Crippen LogP contribution in [-0.2, 0) is 6.18 Å². The van der Waals surface area contributed by atoms with E-state index in [-0.39, 0.29) is 16.3 Å². The fraction of sp³-hybridized carbons (Fsp3) is 0.333. The van der Waals surface area contributed by atoms with Gasteiger partial charge in [-0.25, -0.2) is 4.98 Å². The van der Waals surface area contributed by atoms with Gasteiger partial charge >= 0.3 is 6.18 Å². The Morgan fingerprint density at radius 2 is 1.85 bits per heavy atom. The Kier molecular flexibility index (Phi) is 5.57. The summed E-state index contributed by atoms with van der Waals surface area (Å²) in [6, 6.07) is 6.47. The molecule has 1 aliphatic rings. The van der Waals surface area contributed by atoms with Crippen molar-refractivity contribution in [3.05, 3.63) is 52.7 Å². The summed E-state index contributed by atoms with van der Waals surface area (Å²) in [5.74, 6) is 0.0716. The van der Waals surface area contributed by atoms with Crippen molar-refractivity contribution in [2.75, 3.05) is 43.4 Å². The maximum atomic E-state index is 13.1. The predicted molar refractivity (Wildman–Crippen MR) is 98.4 cm³/mol. The number of pyridine rings is 1. The molecule has 9 heteroatoms. The summed E-state index contributed by atoms with van der Waals surface area (Å²) in [5, 5.41) is 2.23. The van der Waals surface area contributed by atoms with Gasteiger partial charge in [0.2, 0.25) is 0 Å². The zero-order valence-corrected chi connectivity index (χ0v) is 15.3. The number of nitrogens with one attached hydrogen (secondary N) is 1. The topological polar surface area (TPSA) is 48.5 Å². The predicted octanol–water partition coefficient (Wildman–Crippen LogP) is 3.76. The minimum atomic E-state index is -4.63. The van der Waals surface area contributed by atoms with E-state index >= 15 is 0 Å². The monoisotopic (exact) mass is 398 g/mol. The minimum absolute atomic E-state index is 0.0569. The Bertz CT molecular complexity index is 818. The van der Waals surface area contributed by atoms with Crippen LogP contribution >= 0.6 is 11.6 Å². The molecule has 144 valence electrons. The first-order valence-electron chi connectivity index (χ1n) is 8.31. The van der Waals surface area contributed by atoms with Gasteiger partial charge in [-0.2, -0.15) is 13.2 Å². The minimum Gasteiger partial charge on any atom is -0.354 e. The van der Waals surface area contributed by atoms with Crippen molar-refractivity contribution in [2.24, 2.45) is 0 Å². The molecule has 1 amide bonds. The summed E-state index contributed by atoms with van der Waals surface area (Å²) in [7, 11) is 2.05. The Morgan fingerprint density at radius 1 is 1.15 bits per heavy atom. The van der Waals surface area contributed by atoms with Crippen LogP contribution < -0.4 is 10.2 Å². The standard InChI is InChI=1S/C18H18ClF3N4O/c1-25-6-8-26(9-7-25)16-5-2-12(11-23-16)17(27)24-15-4-3-13(19)10-14(15)18(20,21)22/h2-5,10-11H,6-9H2,1H3,(H,24,27). The number of likely N-dealkylation sites (N-methyl/N-ethyl adjacent to an activating group) is 1. The molecule has 1 saturated heterocycles. The van der Waals surface area contributed by atoms with Crippen LogP contribution in [0.3, 0.4) is 0 Å². The zero-order chi connectivity index (χ0) is 19.6. The lowest BCUT2D eigenvalue weighted by molar-refractivity contribution is -0.136. The van der Waals surface area contributed by atoms with Gasteiger partial charge in [0.05, 0.1) is 16.8 Å². The number of carbonyl (C=O) groups excluding carboxylic acids is 1. The van der Waals surface area contributed by atoms with E-state index < -0.39 is 17.6 Å². The lowest BCUT2D eigenvalue weighted by Gasteiger charge is -2.33. The highest BCUT2D eigenvalue weighted by molar-refractivity contribution is 6.30. The van der Waals surface area contributed by atoms with E-state index in [1.165, 1.54) is 12.3 Å². The maximum Gasteiger partial charge on any atom is 0.418 e. The lowest BCUT2D eigenvalue weighted by atomic mass is 10.1. The van der Waals surface area contributed by atoms with E-state index in [2.05, 4.69) is 20.1 Å². The van der Waals surface area contributed by atoms with E-state index in [4.69, 9.17) is 11.6 Å². The van der Waals surface area contributed by atoms with E-state index in [1.54, 1.807) is 12.1 Å². The number of aromatic nitrogens is 1. The van der Waals surface area contributed by atoms with Gasteiger partial charge in [-0.1, -0.05) is 11.6 Å². The molecule has 0 unspecified atom stereocenters. The van der Waals surface area contributed by atoms with Gasteiger partial charge in [0.25, 0.3) is 5.91 Å². The molecule has 1 N–H and O–H groups in total. The summed E-state index contributed by atoms with van der Waals surface area (Å²) in [5.41, 5.74) is -1.17. The van der Waals surface area contributed by atoms with Crippen LogP contribution in [0, 0.1) is 0 Å². The normalized spacial score (nSPS) is 15.7. The molecule has 1 aliphatic heterocycles. The van der Waals surface area contributed by atoms with Crippen molar-refractivity contribution in [3.8, 4) is 0 Å². The van der Waals surface area contributed by atoms with Gasteiger partial charge in [-0.05, 0) is 37.4 Å². The number of benzene rings is 1. The Balaban J connectivity index is 1.74. The average Bonchev–Trinajstić information content (AvgIpc) is 2.63. The number of piperazine rings is 1. The number of anilines is 2. The third-order valence-electron chi connectivity index (χ3n) is 4.37. The molecule has 1 aromatic heterocycles. The Hall–Kier alpha value is -2.32. The quantitative estimate of drug-likeness (QED) is 0.855. The van der Waals surface area contributed by atoms with Gasteiger partial charge < -0.3 is 15.1 Å². The van der Waals surface area contributed by atoms with E-state index in [1.807, 2.05) is 7.05 Å². The number of hydrogen-bond acceptors (Lipinski definition) is 4. The fourth-order valence-corrected chi connectivity index (χ4v) is 2.97. The van der Waals surface area contributed by atoms with Crippen molar-refractivity contribution in [1.29, 1.82) is 0 Å². The zero-order valence-electron chi connectivity index (χ0n) is 14.6.